The van der Waals surface area contributed by atoms with Gasteiger partial charge in [0.25, 0.3) is 0 Å². The van der Waals surface area contributed by atoms with E-state index in [2.05, 4.69) is 20.9 Å². The molecule has 0 saturated carbocycles. The number of ether oxygens (including phenoxy) is 1. The van der Waals surface area contributed by atoms with Crippen LogP contribution >= 0.6 is 15.9 Å². The van der Waals surface area contributed by atoms with Gasteiger partial charge in [-0.1, -0.05) is 0 Å². The van der Waals surface area contributed by atoms with Crippen LogP contribution in [-0.2, 0) is 4.79 Å². The number of nitrogens with zero attached hydrogens (tertiary/aromatic N) is 1. The quantitative estimate of drug-likeness (QED) is 0.743. The van der Waals surface area contributed by atoms with Crippen LogP contribution in [0.2, 0.25) is 0 Å². The van der Waals surface area contributed by atoms with Crippen molar-refractivity contribution < 1.29 is 9.53 Å². The Morgan fingerprint density at radius 2 is 2.50 bits per heavy atom. The van der Waals surface area contributed by atoms with Crippen LogP contribution in [0.3, 0.4) is 0 Å². The number of rotatable bonds is 3. The fraction of sp³-hybridized carbons (Fsp3) is 0.250. The van der Waals surface area contributed by atoms with E-state index in [4.69, 9.17) is 4.74 Å². The summed E-state index contributed by atoms with van der Waals surface area (Å²) in [6, 6.07) is 3.41. The number of hydrogen-bond acceptors (Lipinski definition) is 3. The van der Waals surface area contributed by atoms with Crippen LogP contribution in [0.4, 0.5) is 0 Å². The molecule has 0 aliphatic carbocycles. The van der Waals surface area contributed by atoms with Crippen LogP contribution in [0.1, 0.15) is 6.92 Å². The van der Waals surface area contributed by atoms with Gasteiger partial charge in [0.2, 0.25) is 0 Å². The molecule has 0 aliphatic rings. The van der Waals surface area contributed by atoms with E-state index in [1.165, 1.54) is 6.92 Å². The Morgan fingerprint density at radius 1 is 1.75 bits per heavy atom. The number of halogens is 1. The average Bonchev–Trinajstić information content (AvgIpc) is 2.01. The second-order valence-electron chi connectivity index (χ2n) is 2.30. The van der Waals surface area contributed by atoms with Crippen LogP contribution in [-0.4, -0.2) is 17.4 Å². The van der Waals surface area contributed by atoms with E-state index >= 15 is 0 Å². The molecule has 1 aromatic heterocycles. The first-order chi connectivity index (χ1) is 5.68. The van der Waals surface area contributed by atoms with E-state index in [-0.39, 0.29) is 12.4 Å². The van der Waals surface area contributed by atoms with Crippen molar-refractivity contribution >= 4 is 21.7 Å². The zero-order valence-electron chi connectivity index (χ0n) is 6.58. The highest BCUT2D eigenvalue weighted by atomic mass is 79.9. The third-order valence-corrected chi connectivity index (χ3v) is 1.57. The van der Waals surface area contributed by atoms with Gasteiger partial charge in [-0.25, -0.2) is 4.98 Å². The minimum atomic E-state index is 0.00272. The largest absolute Gasteiger partial charge is 0.486 e. The first-order valence-corrected chi connectivity index (χ1v) is 4.21. The Labute approximate surface area is 78.9 Å². The molecule has 0 aromatic carbocycles. The van der Waals surface area contributed by atoms with Gasteiger partial charge < -0.3 is 4.74 Å². The molecule has 0 radical (unpaired) electrons. The van der Waals surface area contributed by atoms with Crippen molar-refractivity contribution in [2.45, 2.75) is 6.92 Å². The van der Waals surface area contributed by atoms with Gasteiger partial charge in [-0.3, -0.25) is 4.79 Å². The number of aromatic nitrogens is 1. The maximum atomic E-state index is 10.5. The molecule has 1 heterocycles. The summed E-state index contributed by atoms with van der Waals surface area (Å²) in [5, 5.41) is 0. The molecule has 0 amide bonds. The lowest BCUT2D eigenvalue weighted by Crippen LogP contribution is -2.06. The molecule has 4 heteroatoms. The highest BCUT2D eigenvalue weighted by Gasteiger charge is 1.96. The third-order valence-electron chi connectivity index (χ3n) is 1.14. The summed E-state index contributed by atoms with van der Waals surface area (Å²) >= 11 is 3.19. The van der Waals surface area contributed by atoms with Crippen LogP contribution < -0.4 is 4.74 Å². The molecule has 3 nitrogen and oxygen atoms in total. The molecule has 12 heavy (non-hydrogen) atoms. The second kappa shape index (κ2) is 4.21. The van der Waals surface area contributed by atoms with Crippen LogP contribution in [0.15, 0.2) is 22.9 Å². The zero-order valence-corrected chi connectivity index (χ0v) is 8.17. The lowest BCUT2D eigenvalue weighted by Gasteiger charge is -2.02. The summed E-state index contributed by atoms with van der Waals surface area (Å²) in [6.45, 7) is 1.59. The van der Waals surface area contributed by atoms with Crippen molar-refractivity contribution in [1.82, 2.24) is 4.98 Å². The molecule has 0 spiro atoms. The lowest BCUT2D eigenvalue weighted by atomic mass is 10.4. The van der Waals surface area contributed by atoms with Gasteiger partial charge in [0.15, 0.2) is 5.78 Å². The Morgan fingerprint density at radius 3 is 3.08 bits per heavy atom. The summed E-state index contributed by atoms with van der Waals surface area (Å²) in [5.74, 6) is 0.648. The minimum absolute atomic E-state index is 0.00272. The van der Waals surface area contributed by atoms with Crippen molar-refractivity contribution in [3.8, 4) is 5.75 Å². The van der Waals surface area contributed by atoms with Crippen molar-refractivity contribution in [1.29, 1.82) is 0 Å². The normalized spacial score (nSPS) is 9.50. The number of carbonyl (C=O) groups excluding carboxylic acids is 1. The molecule has 0 N–H and O–H groups in total. The Kier molecular flexibility index (Phi) is 3.22. The molecule has 64 valence electrons. The molecule has 0 bridgehead atoms. The van der Waals surface area contributed by atoms with Gasteiger partial charge >= 0.3 is 0 Å². The summed E-state index contributed by atoms with van der Waals surface area (Å²) in [7, 11) is 0. The average molecular weight is 230 g/mol. The summed E-state index contributed by atoms with van der Waals surface area (Å²) in [4.78, 5) is 14.5. The molecule has 0 aliphatic heterocycles. The van der Waals surface area contributed by atoms with Gasteiger partial charge in [-0.15, -0.1) is 0 Å². The summed E-state index contributed by atoms with van der Waals surface area (Å²) in [5.41, 5.74) is 0. The second-order valence-corrected chi connectivity index (χ2v) is 3.12. The van der Waals surface area contributed by atoms with Gasteiger partial charge in [0.1, 0.15) is 17.0 Å². The molecule has 0 atom stereocenters. The number of carbonyl (C=O) groups is 1. The highest BCUT2D eigenvalue weighted by Crippen LogP contribution is 2.14. The van der Waals surface area contributed by atoms with Gasteiger partial charge in [-0.2, -0.15) is 0 Å². The van der Waals surface area contributed by atoms with E-state index in [1.807, 2.05) is 0 Å². The molecule has 0 fully saturated rings. The highest BCUT2D eigenvalue weighted by molar-refractivity contribution is 9.10. The van der Waals surface area contributed by atoms with Crippen LogP contribution in [0.25, 0.3) is 0 Å². The van der Waals surface area contributed by atoms with Crippen LogP contribution in [0.5, 0.6) is 5.75 Å². The molecular weight excluding hydrogens is 222 g/mol. The van der Waals surface area contributed by atoms with Crippen molar-refractivity contribution in [2.75, 3.05) is 6.61 Å². The van der Waals surface area contributed by atoms with E-state index in [1.54, 1.807) is 18.3 Å². The number of ketones is 1. The first-order valence-electron chi connectivity index (χ1n) is 3.42. The predicted molar refractivity (Wildman–Crippen MR) is 48.1 cm³/mol. The number of hydrogen-bond donors (Lipinski definition) is 0. The predicted octanol–water partition coefficient (Wildman–Crippen LogP) is 1.81. The van der Waals surface area contributed by atoms with E-state index < -0.39 is 0 Å². The Balaban J connectivity index is 2.57. The molecule has 1 rings (SSSR count). The summed E-state index contributed by atoms with van der Waals surface area (Å²) in [6.07, 6.45) is 1.61. The van der Waals surface area contributed by atoms with E-state index in [9.17, 15) is 4.79 Å². The van der Waals surface area contributed by atoms with Gasteiger partial charge in [-0.05, 0) is 28.9 Å². The van der Waals surface area contributed by atoms with E-state index in [0.29, 0.717) is 10.4 Å². The molecule has 0 saturated heterocycles. The van der Waals surface area contributed by atoms with Gasteiger partial charge in [0, 0.05) is 12.3 Å². The molecular formula is C8H8BrNO2. The van der Waals surface area contributed by atoms with Crippen LogP contribution in [0, 0.1) is 0 Å². The van der Waals surface area contributed by atoms with Gasteiger partial charge in [0.05, 0.1) is 0 Å². The fourth-order valence-electron chi connectivity index (χ4n) is 0.659. The van der Waals surface area contributed by atoms with Crippen molar-refractivity contribution in [3.63, 3.8) is 0 Å². The SMILES string of the molecule is CC(=O)COc1ccnc(Br)c1. The number of pyridine rings is 1. The third kappa shape index (κ3) is 3.00. The summed E-state index contributed by atoms with van der Waals surface area (Å²) < 4.78 is 5.83. The topological polar surface area (TPSA) is 39.2 Å². The molecule has 1 aromatic rings. The Bertz CT molecular complexity index is 288. The lowest BCUT2D eigenvalue weighted by molar-refractivity contribution is -0.118. The standard InChI is InChI=1S/C8H8BrNO2/c1-6(11)5-12-7-2-3-10-8(9)4-7/h2-4H,5H2,1H3. The zero-order chi connectivity index (χ0) is 8.97. The number of Topliss-reactive ketones (excluding diaryl/α,β-unsaturated/α-hetero) is 1. The van der Waals surface area contributed by atoms with Crippen molar-refractivity contribution in [2.24, 2.45) is 0 Å². The first kappa shape index (κ1) is 9.19. The fourth-order valence-corrected chi connectivity index (χ4v) is 1.00. The van der Waals surface area contributed by atoms with E-state index in [0.717, 1.165) is 0 Å². The monoisotopic (exact) mass is 229 g/mol. The minimum Gasteiger partial charge on any atom is -0.486 e. The maximum absolute atomic E-state index is 10.5. The Hall–Kier alpha value is -0.900. The smallest absolute Gasteiger partial charge is 0.167 e. The molecule has 0 unspecified atom stereocenters. The van der Waals surface area contributed by atoms with Crippen molar-refractivity contribution in [3.05, 3.63) is 22.9 Å². The maximum Gasteiger partial charge on any atom is 0.167 e.